The molecule has 36 heavy (non-hydrogen) atoms. The molecule has 0 spiro atoms. The summed E-state index contributed by atoms with van der Waals surface area (Å²) in [6.07, 6.45) is 13.7. The number of aldehydes is 1. The van der Waals surface area contributed by atoms with Crippen molar-refractivity contribution < 1.29 is 4.79 Å². The molecule has 0 radical (unpaired) electrons. The molecule has 0 saturated carbocycles. The number of nitrogens with zero attached hydrogens (tertiary/aromatic N) is 5. The van der Waals surface area contributed by atoms with Crippen LogP contribution in [-0.2, 0) is 6.54 Å². The predicted molar refractivity (Wildman–Crippen MR) is 153 cm³/mol. The highest BCUT2D eigenvalue weighted by molar-refractivity contribution is 7.99. The largest absolute Gasteiger partial charge is 0.298 e. The zero-order chi connectivity index (χ0) is 26.0. The number of aryl methyl sites for hydroxylation is 2. The molecule has 0 N–H and O–H groups in total. The normalized spacial score (nSPS) is 13.4. The van der Waals surface area contributed by atoms with Crippen LogP contribution in [0.3, 0.4) is 0 Å². The molecule has 2 aromatic rings. The van der Waals surface area contributed by atoms with E-state index >= 15 is 0 Å². The van der Waals surface area contributed by atoms with Crippen molar-refractivity contribution in [3.63, 3.8) is 0 Å². The first kappa shape index (κ1) is 30.7. The quantitative estimate of drug-likeness (QED) is 0.102. The predicted octanol–water partition coefficient (Wildman–Crippen LogP) is 7.32. The summed E-state index contributed by atoms with van der Waals surface area (Å²) in [6, 6.07) is 3.84. The van der Waals surface area contributed by atoms with E-state index in [4.69, 9.17) is 4.98 Å². The highest BCUT2D eigenvalue weighted by Crippen LogP contribution is 2.19. The molecule has 1 saturated heterocycles. The first-order chi connectivity index (χ1) is 17.5. The summed E-state index contributed by atoms with van der Waals surface area (Å²) in [5.74, 6) is 2.17. The van der Waals surface area contributed by atoms with E-state index in [9.17, 15) is 4.79 Å². The van der Waals surface area contributed by atoms with Gasteiger partial charge in [0, 0.05) is 29.4 Å². The highest BCUT2D eigenvalue weighted by atomic mass is 32.2. The molecule has 8 heteroatoms. The minimum absolute atomic E-state index is 0.476. The van der Waals surface area contributed by atoms with Gasteiger partial charge in [-0.2, -0.15) is 0 Å². The summed E-state index contributed by atoms with van der Waals surface area (Å²) >= 11 is 3.45. The van der Waals surface area contributed by atoms with Crippen LogP contribution in [0.4, 0.5) is 0 Å². The van der Waals surface area contributed by atoms with E-state index in [1.165, 1.54) is 83.0 Å². The van der Waals surface area contributed by atoms with Gasteiger partial charge in [-0.25, -0.2) is 19.9 Å². The summed E-state index contributed by atoms with van der Waals surface area (Å²) in [6.45, 7) is 11.9. The van der Waals surface area contributed by atoms with Crippen LogP contribution in [0, 0.1) is 13.8 Å². The lowest BCUT2D eigenvalue weighted by molar-refractivity contribution is 0.111. The van der Waals surface area contributed by atoms with E-state index in [-0.39, 0.29) is 0 Å². The fourth-order valence-corrected chi connectivity index (χ4v) is 5.83. The van der Waals surface area contributed by atoms with E-state index < -0.39 is 0 Å². The number of carbonyl (C=O) groups is 1. The molecule has 0 bridgehead atoms. The molecule has 0 amide bonds. The summed E-state index contributed by atoms with van der Waals surface area (Å²) < 4.78 is 0. The molecule has 1 fully saturated rings. The van der Waals surface area contributed by atoms with E-state index in [0.717, 1.165) is 46.0 Å². The second-order valence-electron chi connectivity index (χ2n) is 9.42. The molecule has 6 nitrogen and oxygen atoms in total. The molecule has 200 valence electrons. The number of unbranched alkanes of at least 4 members (excludes halogenated alkanes) is 6. The summed E-state index contributed by atoms with van der Waals surface area (Å²) in [4.78, 5) is 30.9. The van der Waals surface area contributed by atoms with Crippen molar-refractivity contribution in [3.05, 3.63) is 34.9 Å². The number of hydrogen-bond donors (Lipinski definition) is 0. The fraction of sp³-hybridized carbons (Fsp3) is 0.679. The SMILES string of the molecule is CCCCCCSc1nc(C)cc(C=O)n1.CCCCCCSc1nc(C)cc(CN2CCCC2)n1. The van der Waals surface area contributed by atoms with E-state index in [2.05, 4.69) is 46.7 Å². The highest BCUT2D eigenvalue weighted by Gasteiger charge is 2.13. The van der Waals surface area contributed by atoms with Gasteiger partial charge < -0.3 is 0 Å². The zero-order valence-electron chi connectivity index (χ0n) is 22.8. The van der Waals surface area contributed by atoms with Crippen molar-refractivity contribution in [2.45, 2.75) is 109 Å². The Morgan fingerprint density at radius 1 is 0.778 bits per heavy atom. The maximum atomic E-state index is 10.6. The first-order valence-electron chi connectivity index (χ1n) is 13.7. The Bertz CT molecular complexity index is 890. The zero-order valence-corrected chi connectivity index (χ0v) is 24.4. The molecule has 3 rings (SSSR count). The minimum atomic E-state index is 0.476. The van der Waals surface area contributed by atoms with Gasteiger partial charge in [0.05, 0.1) is 5.69 Å². The van der Waals surface area contributed by atoms with Gasteiger partial charge in [-0.15, -0.1) is 0 Å². The van der Waals surface area contributed by atoms with Crippen LogP contribution in [-0.4, -0.2) is 55.7 Å². The Morgan fingerprint density at radius 3 is 1.89 bits per heavy atom. The van der Waals surface area contributed by atoms with Gasteiger partial charge in [-0.05, 0) is 64.8 Å². The summed E-state index contributed by atoms with van der Waals surface area (Å²) in [5.41, 5.74) is 3.62. The first-order valence-corrected chi connectivity index (χ1v) is 15.6. The lowest BCUT2D eigenvalue weighted by Gasteiger charge is -2.14. The monoisotopic (exact) mass is 531 g/mol. The van der Waals surface area contributed by atoms with Gasteiger partial charge in [-0.1, -0.05) is 75.9 Å². The van der Waals surface area contributed by atoms with Gasteiger partial charge in [-0.3, -0.25) is 9.69 Å². The Labute approximate surface area is 227 Å². The molecule has 0 aromatic carbocycles. The van der Waals surface area contributed by atoms with Crippen molar-refractivity contribution in [2.24, 2.45) is 0 Å². The second kappa shape index (κ2) is 18.7. The van der Waals surface area contributed by atoms with Gasteiger partial charge in [0.15, 0.2) is 16.6 Å². The van der Waals surface area contributed by atoms with Crippen LogP contribution in [0.5, 0.6) is 0 Å². The van der Waals surface area contributed by atoms with E-state index in [1.807, 2.05) is 18.7 Å². The van der Waals surface area contributed by atoms with Crippen LogP contribution in [0.2, 0.25) is 0 Å². The van der Waals surface area contributed by atoms with Crippen molar-refractivity contribution in [2.75, 3.05) is 24.6 Å². The second-order valence-corrected chi connectivity index (χ2v) is 11.5. The summed E-state index contributed by atoms with van der Waals surface area (Å²) in [7, 11) is 0. The molecule has 0 unspecified atom stereocenters. The van der Waals surface area contributed by atoms with Crippen molar-refractivity contribution in [1.82, 2.24) is 24.8 Å². The molecular weight excluding hydrogens is 486 g/mol. The van der Waals surface area contributed by atoms with Gasteiger partial charge in [0.25, 0.3) is 0 Å². The topological polar surface area (TPSA) is 71.9 Å². The number of thioether (sulfide) groups is 2. The number of hydrogen-bond acceptors (Lipinski definition) is 8. The summed E-state index contributed by atoms with van der Waals surface area (Å²) in [5, 5.41) is 1.69. The fourth-order valence-electron chi connectivity index (χ4n) is 3.99. The average Bonchev–Trinajstić information content (AvgIpc) is 3.36. The average molecular weight is 532 g/mol. The van der Waals surface area contributed by atoms with Gasteiger partial charge >= 0.3 is 0 Å². The van der Waals surface area contributed by atoms with E-state index in [0.29, 0.717) is 5.69 Å². The Balaban J connectivity index is 0.000000261. The number of likely N-dealkylation sites (tertiary alicyclic amines) is 1. The number of carbonyl (C=O) groups excluding carboxylic acids is 1. The lowest BCUT2D eigenvalue weighted by Crippen LogP contribution is -2.19. The van der Waals surface area contributed by atoms with E-state index in [1.54, 1.807) is 17.8 Å². The minimum Gasteiger partial charge on any atom is -0.298 e. The third-order valence-corrected chi connectivity index (χ3v) is 7.77. The molecular formula is C28H45N5OS2. The van der Waals surface area contributed by atoms with Gasteiger partial charge in [0.1, 0.15) is 5.69 Å². The molecule has 0 atom stereocenters. The van der Waals surface area contributed by atoms with Gasteiger partial charge in [0.2, 0.25) is 0 Å². The molecule has 1 aliphatic rings. The maximum absolute atomic E-state index is 10.6. The Hall–Kier alpha value is -1.51. The Morgan fingerprint density at radius 2 is 1.33 bits per heavy atom. The van der Waals surface area contributed by atoms with Crippen molar-refractivity contribution in [1.29, 1.82) is 0 Å². The standard InChI is InChI=1S/C16H27N3S.C12H18N2OS/c1-3-4-5-8-11-20-16-17-14(2)12-15(18-16)13-19-9-6-7-10-19;1-3-4-5-6-7-16-12-13-10(2)8-11(9-15)14-12/h12H,3-11,13H2,1-2H3;8-9H,3-7H2,1-2H3. The van der Waals surface area contributed by atoms with Crippen LogP contribution in [0.15, 0.2) is 22.4 Å². The maximum Gasteiger partial charge on any atom is 0.188 e. The molecule has 2 aromatic heterocycles. The smallest absolute Gasteiger partial charge is 0.188 e. The van der Waals surface area contributed by atoms with Crippen molar-refractivity contribution in [3.8, 4) is 0 Å². The van der Waals surface area contributed by atoms with Crippen LogP contribution < -0.4 is 0 Å². The van der Waals surface area contributed by atoms with Crippen LogP contribution in [0.1, 0.15) is 106 Å². The Kier molecular flexibility index (Phi) is 15.9. The van der Waals surface area contributed by atoms with Crippen LogP contribution in [0.25, 0.3) is 0 Å². The molecule has 0 aliphatic carbocycles. The number of rotatable bonds is 15. The van der Waals surface area contributed by atoms with Crippen molar-refractivity contribution >= 4 is 29.8 Å². The number of aromatic nitrogens is 4. The molecule has 1 aliphatic heterocycles. The molecule has 3 heterocycles. The lowest BCUT2D eigenvalue weighted by atomic mass is 10.2. The third kappa shape index (κ3) is 13.2. The van der Waals surface area contributed by atoms with Crippen LogP contribution >= 0.6 is 23.5 Å². The third-order valence-electron chi connectivity index (χ3n) is 5.90.